The molecule has 0 saturated heterocycles. The number of carbonyl (C=O) groups is 2. The average Bonchev–Trinajstić information content (AvgIpc) is 3.01. The van der Waals surface area contributed by atoms with E-state index < -0.39 is 18.0 Å². The number of anilines is 1. The van der Waals surface area contributed by atoms with Crippen LogP contribution in [0.5, 0.6) is 0 Å². The fourth-order valence-corrected chi connectivity index (χ4v) is 2.14. The van der Waals surface area contributed by atoms with Crippen LogP contribution >= 0.6 is 11.6 Å². The summed E-state index contributed by atoms with van der Waals surface area (Å²) < 4.78 is 11.4. The molecule has 1 amide bonds. The van der Waals surface area contributed by atoms with Crippen molar-refractivity contribution in [1.29, 1.82) is 0 Å². The molecule has 2 aromatic heterocycles. The van der Waals surface area contributed by atoms with E-state index in [1.54, 1.807) is 27.0 Å². The van der Waals surface area contributed by atoms with Crippen molar-refractivity contribution in [2.75, 3.05) is 5.32 Å². The highest BCUT2D eigenvalue weighted by molar-refractivity contribution is 6.31. The molecule has 0 spiro atoms. The molecular weight excluding hydrogens is 336 g/mol. The van der Waals surface area contributed by atoms with Crippen LogP contribution in [-0.4, -0.2) is 32.9 Å². The topological polar surface area (TPSA) is 99.2 Å². The second-order valence-electron chi connectivity index (χ2n) is 5.15. The first-order valence-electron chi connectivity index (χ1n) is 7.10. The van der Waals surface area contributed by atoms with Crippen LogP contribution in [0.1, 0.15) is 23.9 Å². The molecule has 1 N–H and O–H groups in total. The molecule has 0 radical (unpaired) electrons. The summed E-state index contributed by atoms with van der Waals surface area (Å²) in [6, 6.07) is 1.56. The average molecular weight is 353 g/mol. The van der Waals surface area contributed by atoms with Crippen molar-refractivity contribution >= 4 is 35.4 Å². The quantitative estimate of drug-likeness (QED) is 0.654. The van der Waals surface area contributed by atoms with E-state index in [2.05, 4.69) is 15.6 Å². The molecule has 2 aromatic rings. The first-order chi connectivity index (χ1) is 11.3. The van der Waals surface area contributed by atoms with Crippen LogP contribution in [0.4, 0.5) is 5.88 Å². The Kier molecular flexibility index (Phi) is 5.40. The van der Waals surface area contributed by atoms with Gasteiger partial charge in [-0.3, -0.25) is 14.8 Å². The molecule has 0 saturated carbocycles. The minimum Gasteiger partial charge on any atom is -0.449 e. The minimum atomic E-state index is -1.00. The maximum absolute atomic E-state index is 11.9. The number of hydrogen-bond donors (Lipinski definition) is 1. The largest absolute Gasteiger partial charge is 0.449 e. The Morgan fingerprint density at radius 2 is 2.17 bits per heavy atom. The van der Waals surface area contributed by atoms with Gasteiger partial charge in [0.1, 0.15) is 5.15 Å². The number of nitrogens with one attached hydrogen (secondary N) is 1. The zero-order chi connectivity index (χ0) is 17.9. The van der Waals surface area contributed by atoms with Gasteiger partial charge in [0.15, 0.2) is 6.10 Å². The molecule has 0 bridgehead atoms. The molecule has 8 nitrogen and oxygen atoms in total. The first kappa shape index (κ1) is 17.7. The number of aryl methyl sites for hydroxylation is 3. The van der Waals surface area contributed by atoms with Gasteiger partial charge in [0, 0.05) is 24.8 Å². The Morgan fingerprint density at radius 3 is 2.71 bits per heavy atom. The van der Waals surface area contributed by atoms with Gasteiger partial charge in [0.25, 0.3) is 5.91 Å². The molecule has 0 fully saturated rings. The van der Waals surface area contributed by atoms with E-state index in [1.807, 2.05) is 0 Å². The lowest BCUT2D eigenvalue weighted by Gasteiger charge is -2.10. The van der Waals surface area contributed by atoms with Crippen molar-refractivity contribution in [1.82, 2.24) is 14.9 Å². The maximum Gasteiger partial charge on any atom is 0.331 e. The zero-order valence-corrected chi connectivity index (χ0v) is 14.4. The lowest BCUT2D eigenvalue weighted by molar-refractivity contribution is -0.148. The van der Waals surface area contributed by atoms with E-state index in [-0.39, 0.29) is 5.88 Å². The molecule has 0 aliphatic heterocycles. The molecule has 0 aliphatic carbocycles. The molecule has 0 aromatic carbocycles. The Balaban J connectivity index is 1.93. The van der Waals surface area contributed by atoms with E-state index in [0.717, 1.165) is 0 Å². The number of aromatic nitrogens is 3. The van der Waals surface area contributed by atoms with Crippen molar-refractivity contribution < 1.29 is 18.8 Å². The smallest absolute Gasteiger partial charge is 0.331 e. The van der Waals surface area contributed by atoms with Gasteiger partial charge in [0.2, 0.25) is 5.88 Å². The Bertz CT molecular complexity index is 793. The van der Waals surface area contributed by atoms with Crippen LogP contribution in [0.15, 0.2) is 16.7 Å². The minimum absolute atomic E-state index is 0.189. The number of rotatable bonds is 5. The summed E-state index contributed by atoms with van der Waals surface area (Å²) in [6.45, 7) is 4.94. The zero-order valence-electron chi connectivity index (χ0n) is 13.7. The summed E-state index contributed by atoms with van der Waals surface area (Å²) >= 11 is 6.06. The lowest BCUT2D eigenvalue weighted by atomic mass is 10.2. The van der Waals surface area contributed by atoms with Crippen LogP contribution < -0.4 is 5.32 Å². The standard InChI is InChI=1S/C15H17ClN4O4/c1-8-7-12(24-19-8)17-15(22)10(3)23-13(21)6-5-11-9(2)18-20(4)14(11)16/h5-7,10H,1-4H3,(H,17,22)/b6-5+. The predicted molar refractivity (Wildman–Crippen MR) is 87.4 cm³/mol. The Labute approximate surface area is 143 Å². The lowest BCUT2D eigenvalue weighted by Crippen LogP contribution is -2.29. The van der Waals surface area contributed by atoms with Gasteiger partial charge in [-0.15, -0.1) is 0 Å². The van der Waals surface area contributed by atoms with Crippen molar-refractivity contribution in [3.63, 3.8) is 0 Å². The van der Waals surface area contributed by atoms with Crippen LogP contribution in [0.3, 0.4) is 0 Å². The van der Waals surface area contributed by atoms with Gasteiger partial charge >= 0.3 is 5.97 Å². The molecule has 128 valence electrons. The van der Waals surface area contributed by atoms with Crippen LogP contribution in [0.2, 0.25) is 5.15 Å². The van der Waals surface area contributed by atoms with Crippen molar-refractivity contribution in [3.05, 3.63) is 34.2 Å². The molecular formula is C15H17ClN4O4. The summed E-state index contributed by atoms with van der Waals surface area (Å²) in [7, 11) is 1.70. The molecule has 1 atom stereocenters. The monoisotopic (exact) mass is 352 g/mol. The third-order valence-electron chi connectivity index (χ3n) is 3.12. The Morgan fingerprint density at radius 1 is 1.46 bits per heavy atom. The molecule has 9 heteroatoms. The van der Waals surface area contributed by atoms with Gasteiger partial charge in [-0.25, -0.2) is 4.79 Å². The predicted octanol–water partition coefficient (Wildman–Crippen LogP) is 2.26. The summed E-state index contributed by atoms with van der Waals surface area (Å²) in [6.07, 6.45) is 1.69. The van der Waals surface area contributed by atoms with Crippen molar-refractivity contribution in [2.45, 2.75) is 26.9 Å². The fourth-order valence-electron chi connectivity index (χ4n) is 1.90. The second kappa shape index (κ2) is 7.31. The van der Waals surface area contributed by atoms with Crippen LogP contribution in [0, 0.1) is 13.8 Å². The van der Waals surface area contributed by atoms with Crippen molar-refractivity contribution in [2.24, 2.45) is 7.05 Å². The highest BCUT2D eigenvalue weighted by atomic mass is 35.5. The third kappa shape index (κ3) is 4.23. The van der Waals surface area contributed by atoms with E-state index in [0.29, 0.717) is 22.1 Å². The molecule has 2 heterocycles. The van der Waals surface area contributed by atoms with Gasteiger partial charge in [-0.1, -0.05) is 16.8 Å². The Hall–Kier alpha value is -2.61. The van der Waals surface area contributed by atoms with E-state index in [1.165, 1.54) is 23.8 Å². The number of nitrogens with zero attached hydrogens (tertiary/aromatic N) is 3. The number of amides is 1. The van der Waals surface area contributed by atoms with Crippen LogP contribution in [-0.2, 0) is 21.4 Å². The summed E-state index contributed by atoms with van der Waals surface area (Å²) in [5, 5.41) is 10.6. The maximum atomic E-state index is 11.9. The van der Waals surface area contributed by atoms with Crippen LogP contribution in [0.25, 0.3) is 6.08 Å². The van der Waals surface area contributed by atoms with Gasteiger partial charge < -0.3 is 9.26 Å². The summed E-state index contributed by atoms with van der Waals surface area (Å²) in [5.74, 6) is -1.01. The van der Waals surface area contributed by atoms with Gasteiger partial charge in [-0.2, -0.15) is 5.10 Å². The number of esters is 1. The van der Waals surface area contributed by atoms with E-state index >= 15 is 0 Å². The van der Waals surface area contributed by atoms with E-state index in [4.69, 9.17) is 20.9 Å². The van der Waals surface area contributed by atoms with Gasteiger partial charge in [0.05, 0.1) is 11.4 Å². The summed E-state index contributed by atoms with van der Waals surface area (Å²) in [4.78, 5) is 23.7. The summed E-state index contributed by atoms with van der Waals surface area (Å²) in [5.41, 5.74) is 1.92. The molecule has 1 unspecified atom stereocenters. The highest BCUT2D eigenvalue weighted by Gasteiger charge is 2.18. The number of ether oxygens (including phenoxy) is 1. The molecule has 0 aliphatic rings. The molecule has 2 rings (SSSR count). The SMILES string of the molecule is Cc1cc(NC(=O)C(C)OC(=O)/C=C/c2c(C)nn(C)c2Cl)on1. The van der Waals surface area contributed by atoms with Gasteiger partial charge in [-0.05, 0) is 26.8 Å². The fraction of sp³-hybridized carbons (Fsp3) is 0.333. The highest BCUT2D eigenvalue weighted by Crippen LogP contribution is 2.20. The van der Waals surface area contributed by atoms with E-state index in [9.17, 15) is 9.59 Å². The molecule has 24 heavy (non-hydrogen) atoms. The number of halogens is 1. The normalized spacial score (nSPS) is 12.4. The first-order valence-corrected chi connectivity index (χ1v) is 7.47. The third-order valence-corrected chi connectivity index (χ3v) is 3.57. The number of hydrogen-bond acceptors (Lipinski definition) is 6. The number of carbonyl (C=O) groups excluding carboxylic acids is 2. The van der Waals surface area contributed by atoms with Crippen molar-refractivity contribution in [3.8, 4) is 0 Å². The second-order valence-corrected chi connectivity index (χ2v) is 5.51.